The molecule has 12 nitrogen and oxygen atoms in total. The average Bonchev–Trinajstić information content (AvgIpc) is 3.16. The highest BCUT2D eigenvalue weighted by Crippen LogP contribution is 2.41. The van der Waals surface area contributed by atoms with E-state index in [1.165, 1.54) is 0 Å². The van der Waals surface area contributed by atoms with Crippen LogP contribution in [-0.4, -0.2) is 47.5 Å². The molecule has 0 aliphatic carbocycles. The maximum atomic E-state index is 11.7. The van der Waals surface area contributed by atoms with E-state index >= 15 is 0 Å². The van der Waals surface area contributed by atoms with Gasteiger partial charge in [-0.3, -0.25) is 0 Å². The number of benzene rings is 1. The summed E-state index contributed by atoms with van der Waals surface area (Å²) in [6, 6.07) is 6.83. The van der Waals surface area contributed by atoms with Gasteiger partial charge in [0.25, 0.3) is 0 Å². The predicted molar refractivity (Wildman–Crippen MR) is 135 cm³/mol. The van der Waals surface area contributed by atoms with E-state index in [4.69, 9.17) is 21.4 Å². The summed E-state index contributed by atoms with van der Waals surface area (Å²) in [5, 5.41) is 6.96. The molecular weight excluding hydrogens is 518 g/mol. The third-order valence-electron chi connectivity index (χ3n) is 4.84. The van der Waals surface area contributed by atoms with Gasteiger partial charge in [0.1, 0.15) is 6.61 Å². The number of imidazole rings is 1. The van der Waals surface area contributed by atoms with Crippen LogP contribution in [0, 0.1) is 5.92 Å². The number of hydrogen-bond acceptors (Lipinski definition) is 10. The molecule has 0 aliphatic heterocycles. The summed E-state index contributed by atoms with van der Waals surface area (Å²) in [5.41, 5.74) is 2.18. The highest BCUT2D eigenvalue weighted by Gasteiger charge is 2.25. The van der Waals surface area contributed by atoms with Crippen molar-refractivity contribution in [2.75, 3.05) is 17.2 Å². The summed E-state index contributed by atoms with van der Waals surface area (Å²) >= 11 is 6.12. The lowest BCUT2D eigenvalue weighted by Crippen LogP contribution is -2.31. The molecule has 0 amide bonds. The van der Waals surface area contributed by atoms with Crippen LogP contribution >= 0.6 is 27.2 Å². The predicted octanol–water partition coefficient (Wildman–Crippen LogP) is 3.80. The largest absolute Gasteiger partial charge is 0.603 e. The van der Waals surface area contributed by atoms with Gasteiger partial charge in [-0.25, -0.2) is 14.4 Å². The van der Waals surface area contributed by atoms with Gasteiger partial charge in [0.15, 0.2) is 17.0 Å². The molecule has 15 heteroatoms. The first kappa shape index (κ1) is 27.4. The quantitative estimate of drug-likeness (QED) is 0.157. The van der Waals surface area contributed by atoms with E-state index in [9.17, 15) is 14.4 Å². The van der Waals surface area contributed by atoms with Crippen molar-refractivity contribution in [2.45, 2.75) is 39.8 Å². The number of nitrogens with zero attached hydrogens (tertiary/aromatic N) is 4. The minimum absolute atomic E-state index is 0.0335. The number of aromatic nitrogens is 4. The normalized spacial score (nSPS) is 15.0. The Morgan fingerprint density at radius 3 is 2.69 bits per heavy atom. The summed E-state index contributed by atoms with van der Waals surface area (Å²) in [6.07, 6.45) is 1.69. The lowest BCUT2D eigenvalue weighted by Gasteiger charge is -2.22. The smallest absolute Gasteiger partial charge is 0.422 e. The van der Waals surface area contributed by atoms with Crippen molar-refractivity contribution in [3.8, 4) is 0 Å². The fourth-order valence-corrected chi connectivity index (χ4v) is 4.59. The zero-order valence-electron chi connectivity index (χ0n) is 19.5. The number of anilines is 3. The molecule has 0 fully saturated rings. The summed E-state index contributed by atoms with van der Waals surface area (Å²) in [6.45, 7) is 7.65. The molecule has 1 aromatic carbocycles. The fraction of sp³-hybridized carbons (Fsp3) is 0.400. The van der Waals surface area contributed by atoms with Crippen molar-refractivity contribution in [1.82, 2.24) is 19.5 Å². The minimum Gasteiger partial charge on any atom is -0.603 e. The van der Waals surface area contributed by atoms with Gasteiger partial charge in [0.2, 0.25) is 19.5 Å². The van der Waals surface area contributed by atoms with Crippen LogP contribution in [0.2, 0.25) is 5.02 Å². The van der Waals surface area contributed by atoms with Crippen LogP contribution < -0.4 is 15.5 Å². The van der Waals surface area contributed by atoms with Crippen LogP contribution in [0.5, 0.6) is 0 Å². The second-order valence-corrected chi connectivity index (χ2v) is 11.5. The highest BCUT2D eigenvalue weighted by atomic mass is 35.5. The van der Waals surface area contributed by atoms with Crippen molar-refractivity contribution in [2.24, 2.45) is 5.92 Å². The highest BCUT2D eigenvalue weighted by molar-refractivity contribution is 7.80. The van der Waals surface area contributed by atoms with E-state index in [-0.39, 0.29) is 30.1 Å². The Hall–Kier alpha value is -2.14. The van der Waals surface area contributed by atoms with Gasteiger partial charge < -0.3 is 25.0 Å². The SMILES string of the molecule is CC(C)C(COOP(=O)(O)C=[P+]([O-])O)Nc1nc(Nc2cccc(Cl)c2)c2ncn(C(C)C)c2n1. The summed E-state index contributed by atoms with van der Waals surface area (Å²) in [4.78, 5) is 47.7. The second-order valence-electron chi connectivity index (χ2n) is 8.28. The molecule has 3 atom stereocenters. The zero-order valence-corrected chi connectivity index (χ0v) is 22.0. The van der Waals surface area contributed by atoms with E-state index in [1.54, 1.807) is 18.5 Å². The van der Waals surface area contributed by atoms with Crippen LogP contribution in [0.1, 0.15) is 33.7 Å². The number of halogens is 1. The van der Waals surface area contributed by atoms with Gasteiger partial charge in [-0.05, 0) is 38.0 Å². The molecule has 0 bridgehead atoms. The minimum atomic E-state index is -4.48. The topological polar surface area (TPSA) is 167 Å². The molecule has 0 radical (unpaired) electrons. The van der Waals surface area contributed by atoms with Gasteiger partial charge in [-0.1, -0.05) is 31.5 Å². The van der Waals surface area contributed by atoms with Crippen LogP contribution in [0.3, 0.4) is 0 Å². The summed E-state index contributed by atoms with van der Waals surface area (Å²) < 4.78 is 18.1. The second kappa shape index (κ2) is 11.7. The Morgan fingerprint density at radius 1 is 1.31 bits per heavy atom. The average molecular weight is 545 g/mol. The molecule has 0 saturated carbocycles. The lowest BCUT2D eigenvalue weighted by atomic mass is 10.1. The van der Waals surface area contributed by atoms with Crippen molar-refractivity contribution in [3.05, 3.63) is 35.6 Å². The Kier molecular flexibility index (Phi) is 9.20. The van der Waals surface area contributed by atoms with E-state index in [2.05, 4.69) is 30.3 Å². The zero-order chi connectivity index (χ0) is 25.8. The maximum Gasteiger partial charge on any atom is 0.422 e. The first-order valence-electron chi connectivity index (χ1n) is 10.6. The molecule has 4 N–H and O–H groups in total. The monoisotopic (exact) mass is 544 g/mol. The molecule has 2 aromatic heterocycles. The Labute approximate surface area is 208 Å². The third kappa shape index (κ3) is 7.67. The van der Waals surface area contributed by atoms with E-state index in [0.717, 1.165) is 5.69 Å². The standard InChI is InChI=1S/C20H27ClN6O6P2/c1-12(2)16(9-32-33-35(30,31)11-34(28)29)24-20-25-18(23-15-7-5-6-14(21)8-15)17-19(26-20)27(10-22-17)13(3)4/h5-8,10-13,16H,9H2,1-4H3,(H,28,29)(H,30,31)(H2,23,24,25,26). The molecular formula is C20H27ClN6O6P2. The summed E-state index contributed by atoms with van der Waals surface area (Å²) in [5.74, 6) is 0.692. The molecule has 0 saturated heterocycles. The Bertz CT molecular complexity index is 1250. The Morgan fingerprint density at radius 2 is 2.06 bits per heavy atom. The summed E-state index contributed by atoms with van der Waals surface area (Å²) in [7, 11) is -7.46. The lowest BCUT2D eigenvalue weighted by molar-refractivity contribution is -0.214. The van der Waals surface area contributed by atoms with Crippen molar-refractivity contribution in [3.63, 3.8) is 0 Å². The molecule has 3 rings (SSSR count). The number of nitrogens with one attached hydrogen (secondary N) is 2. The molecule has 3 aromatic rings. The van der Waals surface area contributed by atoms with E-state index in [0.29, 0.717) is 22.0 Å². The van der Waals surface area contributed by atoms with Crippen molar-refractivity contribution < 1.29 is 28.8 Å². The maximum absolute atomic E-state index is 11.7. The van der Waals surface area contributed by atoms with Gasteiger partial charge in [0, 0.05) is 16.8 Å². The number of hydrogen-bond donors (Lipinski definition) is 4. The van der Waals surface area contributed by atoms with Gasteiger partial charge >= 0.3 is 7.60 Å². The Balaban J connectivity index is 1.88. The van der Waals surface area contributed by atoms with Crippen molar-refractivity contribution >= 4 is 61.4 Å². The van der Waals surface area contributed by atoms with E-state index in [1.807, 2.05) is 44.4 Å². The molecule has 35 heavy (non-hydrogen) atoms. The van der Waals surface area contributed by atoms with Crippen molar-refractivity contribution in [1.29, 1.82) is 0 Å². The number of rotatable bonds is 11. The van der Waals surface area contributed by atoms with Gasteiger partial charge in [-0.15, -0.1) is 4.67 Å². The fourth-order valence-electron chi connectivity index (χ4n) is 3.04. The van der Waals surface area contributed by atoms with E-state index < -0.39 is 21.6 Å². The molecule has 0 aliphatic rings. The van der Waals surface area contributed by atoms with Crippen LogP contribution in [0.15, 0.2) is 30.6 Å². The van der Waals surface area contributed by atoms with Crippen LogP contribution in [0.4, 0.5) is 17.5 Å². The molecule has 190 valence electrons. The first-order valence-corrected chi connectivity index (χ1v) is 13.9. The van der Waals surface area contributed by atoms with Gasteiger partial charge in [0.05, 0.1) is 12.4 Å². The number of fused-ring (bicyclic) bond motifs is 1. The van der Waals surface area contributed by atoms with Crippen LogP contribution in [0.25, 0.3) is 11.2 Å². The van der Waals surface area contributed by atoms with Crippen LogP contribution in [-0.2, 0) is 14.1 Å². The van der Waals surface area contributed by atoms with Gasteiger partial charge in [-0.2, -0.15) is 14.9 Å². The molecule has 2 heterocycles. The molecule has 3 unspecified atom stereocenters. The third-order valence-corrected chi connectivity index (χ3v) is 7.35. The molecule has 0 spiro atoms. The first-order chi connectivity index (χ1) is 16.4.